The molecule has 2 aromatic heterocycles. The second-order valence-corrected chi connectivity index (χ2v) is 7.10. The first-order chi connectivity index (χ1) is 12.6. The zero-order valence-electron chi connectivity index (χ0n) is 13.7. The van der Waals surface area contributed by atoms with Gasteiger partial charge in [0.1, 0.15) is 22.9 Å². The molecule has 0 bridgehead atoms. The highest BCUT2D eigenvalue weighted by molar-refractivity contribution is 9.10. The molecular weight excluding hydrogens is 414 g/mol. The van der Waals surface area contributed by atoms with E-state index in [2.05, 4.69) is 21.2 Å². The molecule has 0 saturated carbocycles. The van der Waals surface area contributed by atoms with Gasteiger partial charge in [0.25, 0.3) is 0 Å². The van der Waals surface area contributed by atoms with Crippen LogP contribution in [0.15, 0.2) is 71.3 Å². The van der Waals surface area contributed by atoms with Gasteiger partial charge in [-0.1, -0.05) is 41.9 Å². The lowest BCUT2D eigenvalue weighted by molar-refractivity contribution is 0.477. The monoisotopic (exact) mass is 427 g/mol. The zero-order valence-corrected chi connectivity index (χ0v) is 16.0. The van der Waals surface area contributed by atoms with E-state index in [-0.39, 0.29) is 5.75 Å². The number of rotatable bonds is 4. The van der Waals surface area contributed by atoms with Crippen LogP contribution in [0.5, 0.6) is 5.75 Å². The van der Waals surface area contributed by atoms with Crippen LogP contribution >= 0.6 is 27.5 Å². The van der Waals surface area contributed by atoms with Crippen LogP contribution in [0.2, 0.25) is 5.02 Å². The summed E-state index contributed by atoms with van der Waals surface area (Å²) in [4.78, 5) is 4.72. The van der Waals surface area contributed by atoms with Crippen molar-refractivity contribution in [2.24, 2.45) is 0 Å². The van der Waals surface area contributed by atoms with E-state index in [4.69, 9.17) is 16.6 Å². The molecule has 0 aliphatic heterocycles. The third-order valence-corrected chi connectivity index (χ3v) is 4.96. The maximum Gasteiger partial charge on any atom is 0.140 e. The predicted molar refractivity (Wildman–Crippen MR) is 109 cm³/mol. The fourth-order valence-electron chi connectivity index (χ4n) is 2.91. The number of phenolic OH excluding ortho intramolecular Hbond substituents is 1. The van der Waals surface area contributed by atoms with Crippen molar-refractivity contribution in [1.29, 1.82) is 0 Å². The average molecular weight is 429 g/mol. The molecule has 0 saturated heterocycles. The lowest BCUT2D eigenvalue weighted by atomic mass is 10.1. The van der Waals surface area contributed by atoms with E-state index in [0.717, 1.165) is 21.6 Å². The molecule has 0 aliphatic rings. The molecule has 4 rings (SSSR count). The molecule has 0 fully saturated rings. The summed E-state index contributed by atoms with van der Waals surface area (Å²) >= 11 is 9.68. The second kappa shape index (κ2) is 7.02. The van der Waals surface area contributed by atoms with E-state index in [0.29, 0.717) is 22.8 Å². The first kappa shape index (κ1) is 16.9. The van der Waals surface area contributed by atoms with Crippen molar-refractivity contribution in [2.75, 3.05) is 5.32 Å². The lowest BCUT2D eigenvalue weighted by Crippen LogP contribution is -2.04. The summed E-state index contributed by atoms with van der Waals surface area (Å²) in [5.41, 5.74) is 3.21. The fraction of sp³-hybridized carbons (Fsp3) is 0.0500. The highest BCUT2D eigenvalue weighted by Gasteiger charge is 2.18. The summed E-state index contributed by atoms with van der Waals surface area (Å²) < 4.78 is 2.85. The second-order valence-electron chi connectivity index (χ2n) is 5.85. The van der Waals surface area contributed by atoms with Crippen LogP contribution in [0.1, 0.15) is 5.56 Å². The number of hydrogen-bond donors (Lipinski definition) is 2. The molecule has 0 atom stereocenters. The van der Waals surface area contributed by atoms with E-state index < -0.39 is 0 Å². The van der Waals surface area contributed by atoms with Gasteiger partial charge in [-0.2, -0.15) is 0 Å². The molecule has 2 heterocycles. The molecule has 0 amide bonds. The number of nitrogens with one attached hydrogen (secondary N) is 1. The van der Waals surface area contributed by atoms with Crippen LogP contribution < -0.4 is 5.32 Å². The standard InChI is InChI=1S/C20H15BrClN3O/c21-17-9-4-10-18-24-19(15-7-1-2-8-16(15)26)20(25(17)18)23-12-13-5-3-6-14(22)11-13/h1-11,23,26H,12H2. The van der Waals surface area contributed by atoms with E-state index in [1.807, 2.05) is 59.0 Å². The van der Waals surface area contributed by atoms with Crippen LogP contribution in [0.4, 0.5) is 5.82 Å². The predicted octanol–water partition coefficient (Wildman–Crippen LogP) is 5.73. The Hall–Kier alpha value is -2.50. The minimum Gasteiger partial charge on any atom is -0.507 e. The molecule has 4 nitrogen and oxygen atoms in total. The number of imidazole rings is 1. The number of phenols is 1. The number of nitrogens with zero attached hydrogens (tertiary/aromatic N) is 2. The van der Waals surface area contributed by atoms with Gasteiger partial charge in [-0.05, 0) is 57.9 Å². The molecule has 26 heavy (non-hydrogen) atoms. The Kier molecular flexibility index (Phi) is 4.57. The number of aromatic hydroxyl groups is 1. The lowest BCUT2D eigenvalue weighted by Gasteiger charge is -2.11. The number of benzene rings is 2. The Bertz CT molecular complexity index is 1090. The van der Waals surface area contributed by atoms with Crippen molar-refractivity contribution >= 4 is 39.0 Å². The Morgan fingerprint density at radius 2 is 1.85 bits per heavy atom. The first-order valence-corrected chi connectivity index (χ1v) is 9.24. The summed E-state index contributed by atoms with van der Waals surface area (Å²) in [7, 11) is 0. The molecule has 6 heteroatoms. The number of aromatic nitrogens is 2. The summed E-state index contributed by atoms with van der Waals surface area (Å²) in [5.74, 6) is 0.992. The molecule has 2 N–H and O–H groups in total. The maximum absolute atomic E-state index is 10.3. The number of hydrogen-bond acceptors (Lipinski definition) is 3. The number of fused-ring (bicyclic) bond motifs is 1. The molecule has 2 aromatic carbocycles. The van der Waals surface area contributed by atoms with Gasteiger partial charge in [0.05, 0.1) is 4.60 Å². The molecule has 0 spiro atoms. The summed E-state index contributed by atoms with van der Waals surface area (Å²) in [6.45, 7) is 0.580. The SMILES string of the molecule is Oc1ccccc1-c1nc2cccc(Br)n2c1NCc1cccc(Cl)c1. The highest BCUT2D eigenvalue weighted by atomic mass is 79.9. The molecular formula is C20H15BrClN3O. The number of pyridine rings is 1. The van der Waals surface area contributed by atoms with Crippen LogP contribution in [-0.2, 0) is 6.54 Å². The maximum atomic E-state index is 10.3. The number of anilines is 1. The summed E-state index contributed by atoms with van der Waals surface area (Å²) in [5, 5.41) is 14.4. The van der Waals surface area contributed by atoms with Crippen molar-refractivity contribution < 1.29 is 5.11 Å². The molecule has 4 aromatic rings. The minimum atomic E-state index is 0.192. The van der Waals surface area contributed by atoms with E-state index in [1.165, 1.54) is 0 Å². The van der Waals surface area contributed by atoms with E-state index in [1.54, 1.807) is 12.1 Å². The number of halogens is 2. The van der Waals surface area contributed by atoms with E-state index >= 15 is 0 Å². The quantitative estimate of drug-likeness (QED) is 0.408. The highest BCUT2D eigenvalue weighted by Crippen LogP contribution is 2.36. The van der Waals surface area contributed by atoms with Crippen molar-refractivity contribution in [3.05, 3.63) is 81.9 Å². The van der Waals surface area contributed by atoms with E-state index in [9.17, 15) is 5.11 Å². The normalized spacial score (nSPS) is 11.0. The topological polar surface area (TPSA) is 49.6 Å². The largest absolute Gasteiger partial charge is 0.507 e. The van der Waals surface area contributed by atoms with Gasteiger partial charge in [0, 0.05) is 17.1 Å². The Balaban J connectivity index is 1.83. The van der Waals surface area contributed by atoms with Gasteiger partial charge in [-0.3, -0.25) is 4.40 Å². The Labute approximate surface area is 164 Å². The average Bonchev–Trinajstić information content (AvgIpc) is 3.00. The summed E-state index contributed by atoms with van der Waals surface area (Å²) in [6, 6.07) is 20.7. The Morgan fingerprint density at radius 1 is 1.04 bits per heavy atom. The van der Waals surface area contributed by atoms with Crippen LogP contribution in [0.3, 0.4) is 0 Å². The van der Waals surface area contributed by atoms with Crippen molar-refractivity contribution in [3.8, 4) is 17.0 Å². The van der Waals surface area contributed by atoms with Gasteiger partial charge in [-0.15, -0.1) is 0 Å². The van der Waals surface area contributed by atoms with Crippen molar-refractivity contribution in [3.63, 3.8) is 0 Å². The third-order valence-electron chi connectivity index (χ3n) is 4.10. The van der Waals surface area contributed by atoms with Gasteiger partial charge < -0.3 is 10.4 Å². The number of para-hydroxylation sites is 1. The zero-order chi connectivity index (χ0) is 18.1. The van der Waals surface area contributed by atoms with Crippen LogP contribution in [0.25, 0.3) is 16.9 Å². The van der Waals surface area contributed by atoms with Gasteiger partial charge in [0.2, 0.25) is 0 Å². The van der Waals surface area contributed by atoms with Crippen molar-refractivity contribution in [1.82, 2.24) is 9.38 Å². The van der Waals surface area contributed by atoms with Crippen LogP contribution in [-0.4, -0.2) is 14.5 Å². The van der Waals surface area contributed by atoms with Gasteiger partial charge >= 0.3 is 0 Å². The Morgan fingerprint density at radius 3 is 2.65 bits per heavy atom. The fourth-order valence-corrected chi connectivity index (χ4v) is 3.64. The molecule has 0 unspecified atom stereocenters. The molecule has 0 aliphatic carbocycles. The first-order valence-electron chi connectivity index (χ1n) is 8.07. The van der Waals surface area contributed by atoms with Crippen molar-refractivity contribution in [2.45, 2.75) is 6.54 Å². The smallest absolute Gasteiger partial charge is 0.140 e. The molecule has 130 valence electrons. The van der Waals surface area contributed by atoms with Crippen LogP contribution in [0, 0.1) is 0 Å². The van der Waals surface area contributed by atoms with Gasteiger partial charge in [-0.25, -0.2) is 4.98 Å². The van der Waals surface area contributed by atoms with Gasteiger partial charge in [0.15, 0.2) is 0 Å². The third kappa shape index (κ3) is 3.16. The minimum absolute atomic E-state index is 0.192. The summed E-state index contributed by atoms with van der Waals surface area (Å²) in [6.07, 6.45) is 0. The molecule has 0 radical (unpaired) electrons.